The van der Waals surface area contributed by atoms with Crippen molar-refractivity contribution in [3.8, 4) is 0 Å². The molecular formula is C14H19N3O2. The zero-order valence-corrected chi connectivity index (χ0v) is 11.7. The number of likely N-dealkylation sites (N-methyl/N-ethyl adjacent to an activating group) is 1. The van der Waals surface area contributed by atoms with Crippen molar-refractivity contribution in [2.24, 2.45) is 0 Å². The smallest absolute Gasteiger partial charge is 0.327 e. The number of benzene rings is 1. The number of H-pyrrole nitrogens is 1. The van der Waals surface area contributed by atoms with Gasteiger partial charge in [-0.25, -0.2) is 9.78 Å². The first-order chi connectivity index (χ1) is 9.02. The SMILES string of the molecule is CCOC(=O)C(c1ccc2nc(C)[nH]c2c1)N(C)C. The Kier molecular flexibility index (Phi) is 3.85. The third kappa shape index (κ3) is 2.76. The molecule has 0 aliphatic carbocycles. The van der Waals surface area contributed by atoms with Crippen molar-refractivity contribution in [1.29, 1.82) is 0 Å². The third-order valence-electron chi connectivity index (χ3n) is 2.97. The molecule has 19 heavy (non-hydrogen) atoms. The van der Waals surface area contributed by atoms with Crippen LogP contribution in [0.15, 0.2) is 18.2 Å². The Labute approximate surface area is 112 Å². The summed E-state index contributed by atoms with van der Waals surface area (Å²) in [5, 5.41) is 0. The fourth-order valence-electron chi connectivity index (χ4n) is 2.19. The molecular weight excluding hydrogens is 242 g/mol. The van der Waals surface area contributed by atoms with Gasteiger partial charge in [0, 0.05) is 0 Å². The molecule has 0 aliphatic heterocycles. The summed E-state index contributed by atoms with van der Waals surface area (Å²) in [5.74, 6) is 0.632. The summed E-state index contributed by atoms with van der Waals surface area (Å²) in [6, 6.07) is 5.40. The lowest BCUT2D eigenvalue weighted by Gasteiger charge is -2.22. The number of aromatic amines is 1. The van der Waals surface area contributed by atoms with E-state index < -0.39 is 6.04 Å². The van der Waals surface area contributed by atoms with Crippen LogP contribution in [0.3, 0.4) is 0 Å². The molecule has 0 bridgehead atoms. The van der Waals surface area contributed by atoms with Crippen LogP contribution in [-0.4, -0.2) is 41.5 Å². The molecule has 1 aromatic heterocycles. The molecule has 2 aromatic rings. The summed E-state index contributed by atoms with van der Waals surface area (Å²) in [7, 11) is 3.73. The van der Waals surface area contributed by atoms with Gasteiger partial charge in [0.2, 0.25) is 0 Å². The standard InChI is InChI=1S/C14H19N3O2/c1-5-19-14(18)13(17(3)4)10-6-7-11-12(8-10)16-9(2)15-11/h6-8,13H,5H2,1-4H3,(H,15,16). The minimum Gasteiger partial charge on any atom is -0.465 e. The Morgan fingerprint density at radius 2 is 2.21 bits per heavy atom. The fourth-order valence-corrected chi connectivity index (χ4v) is 2.19. The van der Waals surface area contributed by atoms with Gasteiger partial charge in [0.25, 0.3) is 0 Å². The van der Waals surface area contributed by atoms with Crippen LogP contribution in [0.25, 0.3) is 11.0 Å². The Hall–Kier alpha value is -1.88. The topological polar surface area (TPSA) is 58.2 Å². The molecule has 1 unspecified atom stereocenters. The van der Waals surface area contributed by atoms with Crippen molar-refractivity contribution in [3.05, 3.63) is 29.6 Å². The van der Waals surface area contributed by atoms with E-state index in [4.69, 9.17) is 4.74 Å². The van der Waals surface area contributed by atoms with Crippen molar-refractivity contribution in [1.82, 2.24) is 14.9 Å². The molecule has 0 saturated carbocycles. The van der Waals surface area contributed by atoms with Gasteiger partial charge in [0.15, 0.2) is 0 Å². The van der Waals surface area contributed by atoms with Crippen LogP contribution in [0.4, 0.5) is 0 Å². The maximum Gasteiger partial charge on any atom is 0.327 e. The quantitative estimate of drug-likeness (QED) is 0.856. The molecule has 0 fully saturated rings. The van der Waals surface area contributed by atoms with E-state index >= 15 is 0 Å². The van der Waals surface area contributed by atoms with Crippen LogP contribution in [-0.2, 0) is 9.53 Å². The second-order valence-corrected chi connectivity index (χ2v) is 4.72. The van der Waals surface area contributed by atoms with Gasteiger partial charge in [0.05, 0.1) is 17.6 Å². The van der Waals surface area contributed by atoms with Crippen molar-refractivity contribution in [2.45, 2.75) is 19.9 Å². The number of hydrogen-bond donors (Lipinski definition) is 1. The number of carbonyl (C=O) groups excluding carboxylic acids is 1. The zero-order chi connectivity index (χ0) is 14.0. The van der Waals surface area contributed by atoms with Crippen LogP contribution in [0.5, 0.6) is 0 Å². The molecule has 1 atom stereocenters. The van der Waals surface area contributed by atoms with E-state index in [0.717, 1.165) is 22.4 Å². The molecule has 0 aliphatic rings. The number of fused-ring (bicyclic) bond motifs is 1. The summed E-state index contributed by atoms with van der Waals surface area (Å²) < 4.78 is 5.13. The zero-order valence-electron chi connectivity index (χ0n) is 11.7. The normalized spacial score (nSPS) is 12.9. The van der Waals surface area contributed by atoms with Crippen LogP contribution in [0, 0.1) is 6.92 Å². The lowest BCUT2D eigenvalue weighted by Crippen LogP contribution is -2.29. The first-order valence-corrected chi connectivity index (χ1v) is 6.32. The van der Waals surface area contributed by atoms with Gasteiger partial charge in [-0.3, -0.25) is 4.90 Å². The van der Waals surface area contributed by atoms with E-state index in [1.54, 1.807) is 0 Å². The highest BCUT2D eigenvalue weighted by Gasteiger charge is 2.24. The average molecular weight is 261 g/mol. The van der Waals surface area contributed by atoms with Gasteiger partial charge < -0.3 is 9.72 Å². The van der Waals surface area contributed by atoms with Crippen molar-refractivity contribution >= 4 is 17.0 Å². The monoisotopic (exact) mass is 261 g/mol. The minimum atomic E-state index is -0.395. The second kappa shape index (κ2) is 5.40. The van der Waals surface area contributed by atoms with E-state index in [-0.39, 0.29) is 5.97 Å². The molecule has 2 rings (SSSR count). The predicted octanol–water partition coefficient (Wildman–Crippen LogP) is 2.04. The van der Waals surface area contributed by atoms with Crippen molar-refractivity contribution in [3.63, 3.8) is 0 Å². The lowest BCUT2D eigenvalue weighted by atomic mass is 10.1. The molecule has 5 nitrogen and oxygen atoms in total. The minimum absolute atomic E-state index is 0.233. The number of rotatable bonds is 4. The first kappa shape index (κ1) is 13.5. The summed E-state index contributed by atoms with van der Waals surface area (Å²) >= 11 is 0. The number of aromatic nitrogens is 2. The number of imidazole rings is 1. The van der Waals surface area contributed by atoms with E-state index in [2.05, 4.69) is 9.97 Å². The predicted molar refractivity (Wildman–Crippen MR) is 73.9 cm³/mol. The van der Waals surface area contributed by atoms with Crippen molar-refractivity contribution in [2.75, 3.05) is 20.7 Å². The number of hydrogen-bond acceptors (Lipinski definition) is 4. The number of aryl methyl sites for hydroxylation is 1. The number of esters is 1. The molecule has 102 valence electrons. The molecule has 1 N–H and O–H groups in total. The summed E-state index contributed by atoms with van der Waals surface area (Å²) in [5.41, 5.74) is 2.74. The van der Waals surface area contributed by atoms with Gasteiger partial charge in [-0.15, -0.1) is 0 Å². The van der Waals surface area contributed by atoms with E-state index in [9.17, 15) is 4.79 Å². The average Bonchev–Trinajstić information content (AvgIpc) is 2.68. The number of nitrogens with zero attached hydrogens (tertiary/aromatic N) is 2. The lowest BCUT2D eigenvalue weighted by molar-refractivity contribution is -0.148. The van der Waals surface area contributed by atoms with Gasteiger partial charge in [0.1, 0.15) is 11.9 Å². The largest absolute Gasteiger partial charge is 0.465 e. The highest BCUT2D eigenvalue weighted by Crippen LogP contribution is 2.23. The first-order valence-electron chi connectivity index (χ1n) is 6.32. The second-order valence-electron chi connectivity index (χ2n) is 4.72. The maximum atomic E-state index is 12.0. The van der Waals surface area contributed by atoms with Gasteiger partial charge in [-0.2, -0.15) is 0 Å². The Balaban J connectivity index is 2.41. The van der Waals surface area contributed by atoms with Crippen LogP contribution in [0.2, 0.25) is 0 Å². The summed E-state index contributed by atoms with van der Waals surface area (Å²) in [6.07, 6.45) is 0. The summed E-state index contributed by atoms with van der Waals surface area (Å²) in [4.78, 5) is 21.4. The Morgan fingerprint density at radius 1 is 1.47 bits per heavy atom. The van der Waals surface area contributed by atoms with E-state index in [1.807, 2.05) is 51.0 Å². The highest BCUT2D eigenvalue weighted by molar-refractivity contribution is 5.81. The van der Waals surface area contributed by atoms with Crippen LogP contribution in [0.1, 0.15) is 24.4 Å². The Morgan fingerprint density at radius 3 is 2.84 bits per heavy atom. The maximum absolute atomic E-state index is 12.0. The van der Waals surface area contributed by atoms with Gasteiger partial charge in [-0.1, -0.05) is 6.07 Å². The fraction of sp³-hybridized carbons (Fsp3) is 0.429. The Bertz CT molecular complexity index is 589. The molecule has 1 aromatic carbocycles. The molecule has 0 amide bonds. The van der Waals surface area contributed by atoms with Crippen molar-refractivity contribution < 1.29 is 9.53 Å². The number of carbonyl (C=O) groups is 1. The number of ether oxygens (including phenoxy) is 1. The summed E-state index contributed by atoms with van der Waals surface area (Å²) in [6.45, 7) is 4.11. The molecule has 1 heterocycles. The molecule has 5 heteroatoms. The van der Waals surface area contributed by atoms with Crippen LogP contribution >= 0.6 is 0 Å². The highest BCUT2D eigenvalue weighted by atomic mass is 16.5. The van der Waals surface area contributed by atoms with E-state index in [1.165, 1.54) is 0 Å². The molecule has 0 radical (unpaired) electrons. The molecule has 0 spiro atoms. The van der Waals surface area contributed by atoms with Crippen LogP contribution < -0.4 is 0 Å². The number of nitrogens with one attached hydrogen (secondary N) is 1. The van der Waals surface area contributed by atoms with Gasteiger partial charge >= 0.3 is 5.97 Å². The third-order valence-corrected chi connectivity index (χ3v) is 2.97. The van der Waals surface area contributed by atoms with E-state index in [0.29, 0.717) is 6.61 Å². The van der Waals surface area contributed by atoms with Gasteiger partial charge in [-0.05, 0) is 45.6 Å². The molecule has 0 saturated heterocycles.